The van der Waals surface area contributed by atoms with Gasteiger partial charge in [-0.1, -0.05) is 0 Å². The van der Waals surface area contributed by atoms with Gasteiger partial charge in [0.1, 0.15) is 5.82 Å². The first-order chi connectivity index (χ1) is 12.6. The van der Waals surface area contributed by atoms with E-state index in [1.807, 2.05) is 35.2 Å². The molecular weight excluding hydrogens is 445 g/mol. The Hall–Kier alpha value is -2.16. The molecule has 0 unspecified atom stereocenters. The highest BCUT2D eigenvalue weighted by molar-refractivity contribution is 14.1. The van der Waals surface area contributed by atoms with Gasteiger partial charge in [0.15, 0.2) is 0 Å². The topological polar surface area (TPSA) is 62.7 Å². The lowest BCUT2D eigenvalue weighted by Crippen LogP contribution is -2.49. The molecule has 1 aliphatic rings. The lowest BCUT2D eigenvalue weighted by Gasteiger charge is -2.35. The fraction of sp³-hybridized carbons (Fsp3) is 0.316. The highest BCUT2D eigenvalue weighted by atomic mass is 127. The number of carbonyl (C=O) groups excluding carboxylic acids is 2. The van der Waals surface area contributed by atoms with E-state index >= 15 is 0 Å². The third-order valence-corrected chi connectivity index (χ3v) is 4.96. The number of pyridine rings is 1. The average Bonchev–Trinajstić information content (AvgIpc) is 2.68. The Labute approximate surface area is 166 Å². The Kier molecular flexibility index (Phi) is 6.08. The van der Waals surface area contributed by atoms with Crippen LogP contribution < -0.4 is 4.90 Å². The van der Waals surface area contributed by atoms with Crippen LogP contribution in [0.4, 0.5) is 5.82 Å². The molecule has 1 fully saturated rings. The normalized spacial score (nSPS) is 14.2. The molecule has 7 heteroatoms. The lowest BCUT2D eigenvalue weighted by molar-refractivity contribution is 0.0525. The predicted molar refractivity (Wildman–Crippen MR) is 107 cm³/mol. The summed E-state index contributed by atoms with van der Waals surface area (Å²) in [4.78, 5) is 32.6. The van der Waals surface area contributed by atoms with Crippen molar-refractivity contribution in [2.75, 3.05) is 37.7 Å². The maximum Gasteiger partial charge on any atom is 0.339 e. The molecule has 0 radical (unpaired) electrons. The van der Waals surface area contributed by atoms with Crippen molar-refractivity contribution in [1.29, 1.82) is 0 Å². The van der Waals surface area contributed by atoms with Crippen LogP contribution in [0.1, 0.15) is 27.6 Å². The minimum absolute atomic E-state index is 0.0617. The van der Waals surface area contributed by atoms with Crippen LogP contribution in [-0.2, 0) is 4.74 Å². The number of anilines is 1. The standard InChI is InChI=1S/C19H20IN3O3/c1-2-26-19(25)15-5-8-17(21-13-15)22-9-11-23(12-10-22)18(24)14-3-6-16(20)7-4-14/h3-8,13H,2,9-12H2,1H3. The van der Waals surface area contributed by atoms with Crippen molar-refractivity contribution in [3.63, 3.8) is 0 Å². The van der Waals surface area contributed by atoms with Gasteiger partial charge in [0.2, 0.25) is 0 Å². The number of nitrogens with zero attached hydrogens (tertiary/aromatic N) is 3. The van der Waals surface area contributed by atoms with Gasteiger partial charge in [-0.05, 0) is 65.9 Å². The van der Waals surface area contributed by atoms with Crippen LogP contribution >= 0.6 is 22.6 Å². The number of amides is 1. The number of carbonyl (C=O) groups is 2. The molecule has 2 heterocycles. The Morgan fingerprint density at radius 3 is 2.27 bits per heavy atom. The third-order valence-electron chi connectivity index (χ3n) is 4.24. The second-order valence-electron chi connectivity index (χ2n) is 5.91. The second-order valence-corrected chi connectivity index (χ2v) is 7.16. The zero-order valence-corrected chi connectivity index (χ0v) is 16.7. The number of hydrogen-bond acceptors (Lipinski definition) is 5. The first-order valence-corrected chi connectivity index (χ1v) is 9.59. The van der Waals surface area contributed by atoms with Crippen LogP contribution in [0.15, 0.2) is 42.6 Å². The van der Waals surface area contributed by atoms with Crippen molar-refractivity contribution in [2.45, 2.75) is 6.92 Å². The first kappa shape index (κ1) is 18.6. The van der Waals surface area contributed by atoms with Crippen LogP contribution in [-0.4, -0.2) is 54.5 Å². The van der Waals surface area contributed by atoms with Crippen molar-refractivity contribution in [3.8, 4) is 0 Å². The molecule has 0 spiro atoms. The quantitative estimate of drug-likeness (QED) is 0.514. The van der Waals surface area contributed by atoms with E-state index in [-0.39, 0.29) is 11.9 Å². The highest BCUT2D eigenvalue weighted by Gasteiger charge is 2.23. The van der Waals surface area contributed by atoms with Gasteiger partial charge in [-0.2, -0.15) is 0 Å². The Bertz CT molecular complexity index is 770. The van der Waals surface area contributed by atoms with Crippen molar-refractivity contribution in [2.24, 2.45) is 0 Å². The number of piperazine rings is 1. The number of halogens is 1. The first-order valence-electron chi connectivity index (χ1n) is 8.51. The molecule has 3 rings (SSSR count). The Balaban J connectivity index is 1.59. The number of esters is 1. The summed E-state index contributed by atoms with van der Waals surface area (Å²) in [7, 11) is 0. The molecule has 0 bridgehead atoms. The molecule has 0 aliphatic carbocycles. The molecule has 1 aromatic carbocycles. The summed E-state index contributed by atoms with van der Waals surface area (Å²) >= 11 is 2.23. The molecule has 2 aromatic rings. The van der Waals surface area contributed by atoms with Gasteiger partial charge >= 0.3 is 5.97 Å². The smallest absolute Gasteiger partial charge is 0.339 e. The van der Waals surface area contributed by atoms with Crippen molar-refractivity contribution >= 4 is 40.3 Å². The van der Waals surface area contributed by atoms with E-state index in [4.69, 9.17) is 4.74 Å². The predicted octanol–water partition coefficient (Wildman–Crippen LogP) is 2.83. The van der Waals surface area contributed by atoms with E-state index in [2.05, 4.69) is 32.5 Å². The molecular formula is C19H20IN3O3. The van der Waals surface area contributed by atoms with Gasteiger partial charge in [-0.3, -0.25) is 4.79 Å². The molecule has 1 saturated heterocycles. The zero-order chi connectivity index (χ0) is 18.5. The molecule has 6 nitrogen and oxygen atoms in total. The average molecular weight is 465 g/mol. The summed E-state index contributed by atoms with van der Waals surface area (Å²) in [6.45, 7) is 4.83. The molecule has 26 heavy (non-hydrogen) atoms. The van der Waals surface area contributed by atoms with Crippen LogP contribution in [0.3, 0.4) is 0 Å². The van der Waals surface area contributed by atoms with Crippen LogP contribution in [0.5, 0.6) is 0 Å². The lowest BCUT2D eigenvalue weighted by atomic mass is 10.2. The number of hydrogen-bond donors (Lipinski definition) is 0. The van der Waals surface area contributed by atoms with Gasteiger partial charge < -0.3 is 14.5 Å². The molecule has 0 atom stereocenters. The summed E-state index contributed by atoms with van der Waals surface area (Å²) in [6, 6.07) is 11.2. The molecule has 0 N–H and O–H groups in total. The molecule has 136 valence electrons. The van der Waals surface area contributed by atoms with Crippen molar-refractivity contribution in [3.05, 3.63) is 57.3 Å². The fourth-order valence-corrected chi connectivity index (χ4v) is 3.18. The molecule has 1 aliphatic heterocycles. The summed E-state index contributed by atoms with van der Waals surface area (Å²) in [6.07, 6.45) is 1.54. The number of aromatic nitrogens is 1. The van der Waals surface area contributed by atoms with E-state index in [1.165, 1.54) is 6.20 Å². The number of ether oxygens (including phenoxy) is 1. The van der Waals surface area contributed by atoms with Crippen molar-refractivity contribution in [1.82, 2.24) is 9.88 Å². The summed E-state index contributed by atoms with van der Waals surface area (Å²) in [5.41, 5.74) is 1.17. The van der Waals surface area contributed by atoms with E-state index in [0.29, 0.717) is 38.3 Å². The number of rotatable bonds is 4. The zero-order valence-electron chi connectivity index (χ0n) is 14.5. The highest BCUT2D eigenvalue weighted by Crippen LogP contribution is 2.16. The van der Waals surface area contributed by atoms with E-state index in [1.54, 1.807) is 13.0 Å². The van der Waals surface area contributed by atoms with Crippen molar-refractivity contribution < 1.29 is 14.3 Å². The monoisotopic (exact) mass is 465 g/mol. The molecule has 1 aromatic heterocycles. The Morgan fingerprint density at radius 1 is 1.04 bits per heavy atom. The van der Waals surface area contributed by atoms with Gasteiger partial charge in [0, 0.05) is 41.5 Å². The third kappa shape index (κ3) is 4.32. The maximum absolute atomic E-state index is 12.6. The van der Waals surface area contributed by atoms with Crippen LogP contribution in [0, 0.1) is 3.57 Å². The van der Waals surface area contributed by atoms with E-state index in [9.17, 15) is 9.59 Å². The second kappa shape index (κ2) is 8.48. The van der Waals surface area contributed by atoms with E-state index < -0.39 is 0 Å². The van der Waals surface area contributed by atoms with Gasteiger partial charge in [0.25, 0.3) is 5.91 Å². The minimum Gasteiger partial charge on any atom is -0.462 e. The van der Waals surface area contributed by atoms with E-state index in [0.717, 1.165) is 15.0 Å². The summed E-state index contributed by atoms with van der Waals surface area (Å²) in [5.74, 6) is 0.505. The van der Waals surface area contributed by atoms with Crippen LogP contribution in [0.2, 0.25) is 0 Å². The SMILES string of the molecule is CCOC(=O)c1ccc(N2CCN(C(=O)c3ccc(I)cc3)CC2)nc1. The largest absolute Gasteiger partial charge is 0.462 e. The minimum atomic E-state index is -0.362. The fourth-order valence-electron chi connectivity index (χ4n) is 2.82. The summed E-state index contributed by atoms with van der Waals surface area (Å²) < 4.78 is 6.08. The van der Waals surface area contributed by atoms with Gasteiger partial charge in [0.05, 0.1) is 12.2 Å². The Morgan fingerprint density at radius 2 is 1.69 bits per heavy atom. The molecule has 0 saturated carbocycles. The summed E-state index contributed by atoms with van der Waals surface area (Å²) in [5, 5.41) is 0. The van der Waals surface area contributed by atoms with Gasteiger partial charge in [-0.25, -0.2) is 9.78 Å². The van der Waals surface area contributed by atoms with Crippen LogP contribution in [0.25, 0.3) is 0 Å². The molecule has 1 amide bonds. The number of benzene rings is 1. The van der Waals surface area contributed by atoms with Gasteiger partial charge in [-0.15, -0.1) is 0 Å². The maximum atomic E-state index is 12.6.